The van der Waals surface area contributed by atoms with Crippen molar-refractivity contribution in [3.05, 3.63) is 36.1 Å². The second-order valence-corrected chi connectivity index (χ2v) is 3.66. The van der Waals surface area contributed by atoms with E-state index in [4.69, 9.17) is 0 Å². The Morgan fingerprint density at radius 1 is 1.67 bits per heavy atom. The van der Waals surface area contributed by atoms with Gasteiger partial charge in [-0.2, -0.15) is 0 Å². The molecule has 0 bridgehead atoms. The first-order valence-corrected chi connectivity index (χ1v) is 4.45. The van der Waals surface area contributed by atoms with Crippen LogP contribution >= 0.6 is 0 Å². The summed E-state index contributed by atoms with van der Waals surface area (Å²) in [6.45, 7) is 3.66. The Morgan fingerprint density at radius 2 is 2.56 bits per heavy atom. The van der Waals surface area contributed by atoms with Gasteiger partial charge in [0.05, 0.1) is 0 Å². The molecule has 1 aromatic heterocycles. The van der Waals surface area contributed by atoms with E-state index < -0.39 is 0 Å². The molecule has 46 valence electrons. The van der Waals surface area contributed by atoms with E-state index in [-0.39, 0.29) is 0 Å². The standard InChI is InChI=1S/C7H7NSe/c1-2-9-7-4-3-5-8-6-7/h2-6H,1H2. The van der Waals surface area contributed by atoms with E-state index in [0.717, 1.165) is 0 Å². The summed E-state index contributed by atoms with van der Waals surface area (Å²) in [5, 5.41) is 0. The van der Waals surface area contributed by atoms with Crippen LogP contribution in [-0.2, 0) is 0 Å². The third-order valence-corrected chi connectivity index (χ3v) is 2.28. The van der Waals surface area contributed by atoms with Gasteiger partial charge >= 0.3 is 60.5 Å². The van der Waals surface area contributed by atoms with Crippen LogP contribution < -0.4 is 4.46 Å². The summed E-state index contributed by atoms with van der Waals surface area (Å²) in [5.41, 5.74) is 0. The van der Waals surface area contributed by atoms with Crippen LogP contribution in [-0.4, -0.2) is 19.9 Å². The normalized spacial score (nSPS) is 8.89. The first-order chi connectivity index (χ1) is 4.43. The second-order valence-electron chi connectivity index (χ2n) is 1.47. The summed E-state index contributed by atoms with van der Waals surface area (Å²) >= 11 is 0.411. The van der Waals surface area contributed by atoms with Gasteiger partial charge in [0.15, 0.2) is 0 Å². The van der Waals surface area contributed by atoms with Gasteiger partial charge in [0.2, 0.25) is 0 Å². The molecule has 0 aliphatic rings. The number of aromatic nitrogens is 1. The molecule has 0 aliphatic heterocycles. The van der Waals surface area contributed by atoms with Gasteiger partial charge in [-0.05, 0) is 0 Å². The van der Waals surface area contributed by atoms with Crippen LogP contribution in [0.15, 0.2) is 36.1 Å². The van der Waals surface area contributed by atoms with Gasteiger partial charge in [0.1, 0.15) is 0 Å². The number of nitrogens with zero attached hydrogens (tertiary/aromatic N) is 1. The van der Waals surface area contributed by atoms with Gasteiger partial charge < -0.3 is 0 Å². The predicted octanol–water partition coefficient (Wildman–Crippen LogP) is 0.555. The quantitative estimate of drug-likeness (QED) is 0.612. The van der Waals surface area contributed by atoms with Crippen LogP contribution in [0.5, 0.6) is 0 Å². The van der Waals surface area contributed by atoms with Gasteiger partial charge in [-0.15, -0.1) is 0 Å². The molecule has 0 spiro atoms. The van der Waals surface area contributed by atoms with E-state index in [1.54, 1.807) is 6.20 Å². The van der Waals surface area contributed by atoms with Crippen molar-refractivity contribution in [3.63, 3.8) is 0 Å². The fourth-order valence-corrected chi connectivity index (χ4v) is 1.50. The van der Waals surface area contributed by atoms with Crippen LogP contribution in [0.25, 0.3) is 0 Å². The first kappa shape index (κ1) is 6.53. The van der Waals surface area contributed by atoms with Crippen molar-refractivity contribution >= 4 is 19.4 Å². The van der Waals surface area contributed by atoms with Crippen molar-refractivity contribution in [3.8, 4) is 0 Å². The Hall–Kier alpha value is -0.591. The zero-order valence-corrected chi connectivity index (χ0v) is 6.66. The molecule has 1 heterocycles. The van der Waals surface area contributed by atoms with E-state index in [1.807, 2.05) is 17.2 Å². The van der Waals surface area contributed by atoms with Gasteiger partial charge in [0.25, 0.3) is 0 Å². The zero-order chi connectivity index (χ0) is 6.53. The van der Waals surface area contributed by atoms with Gasteiger partial charge in [0, 0.05) is 0 Å². The predicted molar refractivity (Wildman–Crippen MR) is 39.8 cm³/mol. The van der Waals surface area contributed by atoms with Crippen molar-refractivity contribution in [1.82, 2.24) is 4.98 Å². The van der Waals surface area contributed by atoms with Crippen molar-refractivity contribution < 1.29 is 0 Å². The van der Waals surface area contributed by atoms with Crippen LogP contribution in [0.2, 0.25) is 0 Å². The molecule has 9 heavy (non-hydrogen) atoms. The number of pyridine rings is 1. The fourth-order valence-electron chi connectivity index (χ4n) is 0.513. The van der Waals surface area contributed by atoms with Crippen LogP contribution in [0, 0.1) is 0 Å². The maximum atomic E-state index is 3.97. The monoisotopic (exact) mass is 185 g/mol. The number of hydrogen-bond donors (Lipinski definition) is 0. The molecule has 0 saturated heterocycles. The van der Waals surface area contributed by atoms with Crippen LogP contribution in [0.3, 0.4) is 0 Å². The number of rotatable bonds is 2. The van der Waals surface area contributed by atoms with Crippen LogP contribution in [0.4, 0.5) is 0 Å². The van der Waals surface area contributed by atoms with E-state index in [2.05, 4.69) is 17.6 Å². The first-order valence-electron chi connectivity index (χ1n) is 2.61. The van der Waals surface area contributed by atoms with E-state index in [0.29, 0.717) is 15.0 Å². The van der Waals surface area contributed by atoms with E-state index >= 15 is 0 Å². The SMILES string of the molecule is C=C[Se]c1cccnc1. The summed E-state index contributed by atoms with van der Waals surface area (Å²) in [5.74, 6) is 0. The van der Waals surface area contributed by atoms with Gasteiger partial charge in [-0.25, -0.2) is 0 Å². The topological polar surface area (TPSA) is 12.9 Å². The van der Waals surface area contributed by atoms with Crippen molar-refractivity contribution in [2.24, 2.45) is 0 Å². The Labute approximate surface area is 61.0 Å². The Kier molecular flexibility index (Phi) is 2.49. The average Bonchev–Trinajstić information content (AvgIpc) is 1.91. The third kappa shape index (κ3) is 2.00. The zero-order valence-electron chi connectivity index (χ0n) is 4.95. The third-order valence-electron chi connectivity index (χ3n) is 0.854. The minimum absolute atomic E-state index is 0.411. The molecule has 2 heteroatoms. The molecule has 0 aromatic carbocycles. The van der Waals surface area contributed by atoms with Gasteiger partial charge in [-0.1, -0.05) is 0 Å². The molecule has 0 amide bonds. The van der Waals surface area contributed by atoms with Crippen LogP contribution in [0.1, 0.15) is 0 Å². The summed E-state index contributed by atoms with van der Waals surface area (Å²) in [7, 11) is 0. The molecule has 1 nitrogen and oxygen atoms in total. The molecule has 0 saturated carbocycles. The minimum atomic E-state index is 0.411. The summed E-state index contributed by atoms with van der Waals surface area (Å²) in [4.78, 5) is 5.91. The number of hydrogen-bond acceptors (Lipinski definition) is 1. The van der Waals surface area contributed by atoms with E-state index in [9.17, 15) is 0 Å². The average molecular weight is 184 g/mol. The molecule has 0 atom stereocenters. The Balaban J connectivity index is 2.72. The summed E-state index contributed by atoms with van der Waals surface area (Å²) in [6.07, 6.45) is 3.66. The van der Waals surface area contributed by atoms with Crippen molar-refractivity contribution in [1.29, 1.82) is 0 Å². The Morgan fingerprint density at radius 3 is 3.11 bits per heavy atom. The molecule has 0 aliphatic carbocycles. The molecular weight excluding hydrogens is 177 g/mol. The maximum absolute atomic E-state index is 3.97. The molecule has 0 unspecified atom stereocenters. The van der Waals surface area contributed by atoms with Crippen molar-refractivity contribution in [2.75, 3.05) is 0 Å². The fraction of sp³-hybridized carbons (Fsp3) is 0. The van der Waals surface area contributed by atoms with E-state index in [1.165, 1.54) is 4.46 Å². The Bertz CT molecular complexity index is 183. The molecule has 1 rings (SSSR count). The molecule has 0 N–H and O–H groups in total. The van der Waals surface area contributed by atoms with Crippen molar-refractivity contribution in [2.45, 2.75) is 0 Å². The summed E-state index contributed by atoms with van der Waals surface area (Å²) in [6, 6.07) is 4.01. The summed E-state index contributed by atoms with van der Waals surface area (Å²) < 4.78 is 1.28. The van der Waals surface area contributed by atoms with Gasteiger partial charge in [-0.3, -0.25) is 0 Å². The molecule has 0 fully saturated rings. The molecule has 0 radical (unpaired) electrons. The second kappa shape index (κ2) is 3.44. The molecule has 1 aromatic rings. The molecular formula is C7H7NSe.